The second-order valence-electron chi connectivity index (χ2n) is 5.04. The van der Waals surface area contributed by atoms with Crippen molar-refractivity contribution in [3.05, 3.63) is 54.0 Å². The fourth-order valence-corrected chi connectivity index (χ4v) is 1.87. The third kappa shape index (κ3) is 5.28. The van der Waals surface area contributed by atoms with E-state index in [4.69, 9.17) is 4.42 Å². The minimum Gasteiger partial charge on any atom is -0.459 e. The van der Waals surface area contributed by atoms with Crippen LogP contribution in [0.3, 0.4) is 0 Å². The van der Waals surface area contributed by atoms with Crippen molar-refractivity contribution in [2.45, 2.75) is 19.9 Å². The normalized spacial score (nSPS) is 10.0. The average Bonchev–Trinajstić information content (AvgIpc) is 3.13. The van der Waals surface area contributed by atoms with E-state index in [1.165, 1.54) is 6.26 Å². The standard InChI is InChI=1S/C17H19N3O4/c1-2-15(21)19-11-16(22)18-10-12-5-7-13(8-6-12)20-17(23)14-4-3-9-24-14/h3-9H,2,10-11H2,1H3,(H,18,22)(H,19,21)(H,20,23). The van der Waals surface area contributed by atoms with Crippen molar-refractivity contribution in [2.24, 2.45) is 0 Å². The Labute approximate surface area is 139 Å². The van der Waals surface area contributed by atoms with Gasteiger partial charge in [0.2, 0.25) is 11.8 Å². The molecule has 0 spiro atoms. The molecule has 0 radical (unpaired) electrons. The highest BCUT2D eigenvalue weighted by atomic mass is 16.3. The molecule has 3 amide bonds. The van der Waals surface area contributed by atoms with E-state index in [-0.39, 0.29) is 30.0 Å². The van der Waals surface area contributed by atoms with Gasteiger partial charge in [-0.05, 0) is 29.8 Å². The highest BCUT2D eigenvalue weighted by Crippen LogP contribution is 2.11. The summed E-state index contributed by atoms with van der Waals surface area (Å²) in [5.74, 6) is -0.512. The number of anilines is 1. The molecule has 3 N–H and O–H groups in total. The molecular weight excluding hydrogens is 310 g/mol. The monoisotopic (exact) mass is 329 g/mol. The summed E-state index contributed by atoms with van der Waals surface area (Å²) in [5.41, 5.74) is 1.50. The maximum atomic E-state index is 11.8. The van der Waals surface area contributed by atoms with E-state index < -0.39 is 0 Å². The van der Waals surface area contributed by atoms with Crippen LogP contribution in [0.2, 0.25) is 0 Å². The van der Waals surface area contributed by atoms with Crippen molar-refractivity contribution in [2.75, 3.05) is 11.9 Å². The van der Waals surface area contributed by atoms with Gasteiger partial charge in [-0.2, -0.15) is 0 Å². The van der Waals surface area contributed by atoms with Crippen LogP contribution in [0, 0.1) is 0 Å². The van der Waals surface area contributed by atoms with Gasteiger partial charge in [0.05, 0.1) is 12.8 Å². The topological polar surface area (TPSA) is 100 Å². The van der Waals surface area contributed by atoms with Crippen LogP contribution >= 0.6 is 0 Å². The molecule has 0 atom stereocenters. The van der Waals surface area contributed by atoms with Crippen LogP contribution in [0.4, 0.5) is 5.69 Å². The molecule has 0 unspecified atom stereocenters. The van der Waals surface area contributed by atoms with E-state index in [1.54, 1.807) is 43.3 Å². The lowest BCUT2D eigenvalue weighted by Gasteiger charge is -2.08. The maximum Gasteiger partial charge on any atom is 0.291 e. The summed E-state index contributed by atoms with van der Waals surface area (Å²) >= 11 is 0. The molecule has 1 heterocycles. The van der Waals surface area contributed by atoms with Crippen LogP contribution in [-0.4, -0.2) is 24.3 Å². The molecule has 0 saturated heterocycles. The van der Waals surface area contributed by atoms with Crippen LogP contribution in [0.15, 0.2) is 47.1 Å². The van der Waals surface area contributed by atoms with Crippen LogP contribution in [0.25, 0.3) is 0 Å². The molecule has 0 aliphatic carbocycles. The maximum absolute atomic E-state index is 11.8. The molecule has 0 saturated carbocycles. The molecule has 2 aromatic rings. The Morgan fingerprint density at radius 1 is 1.00 bits per heavy atom. The number of hydrogen-bond acceptors (Lipinski definition) is 4. The molecule has 24 heavy (non-hydrogen) atoms. The second kappa shape index (κ2) is 8.52. The zero-order valence-corrected chi connectivity index (χ0v) is 13.3. The highest BCUT2D eigenvalue weighted by Gasteiger charge is 2.08. The van der Waals surface area contributed by atoms with E-state index in [0.717, 1.165) is 5.56 Å². The van der Waals surface area contributed by atoms with Crippen molar-refractivity contribution < 1.29 is 18.8 Å². The molecule has 0 bridgehead atoms. The minimum absolute atomic E-state index is 0.0377. The van der Waals surface area contributed by atoms with Gasteiger partial charge in [0.1, 0.15) is 0 Å². The Bertz CT molecular complexity index is 693. The van der Waals surface area contributed by atoms with Crippen molar-refractivity contribution >= 4 is 23.4 Å². The van der Waals surface area contributed by atoms with Crippen molar-refractivity contribution in [1.29, 1.82) is 0 Å². The Morgan fingerprint density at radius 2 is 1.75 bits per heavy atom. The minimum atomic E-state index is -0.326. The summed E-state index contributed by atoms with van der Waals surface area (Å²) in [6, 6.07) is 10.3. The van der Waals surface area contributed by atoms with Gasteiger partial charge in [-0.25, -0.2) is 0 Å². The van der Waals surface area contributed by atoms with Gasteiger partial charge in [-0.15, -0.1) is 0 Å². The zero-order valence-electron chi connectivity index (χ0n) is 13.3. The van der Waals surface area contributed by atoms with E-state index in [1.807, 2.05) is 0 Å². The number of benzene rings is 1. The summed E-state index contributed by atoms with van der Waals surface area (Å²) < 4.78 is 5.01. The molecule has 7 heteroatoms. The lowest BCUT2D eigenvalue weighted by molar-refractivity contribution is -0.126. The first-order valence-corrected chi connectivity index (χ1v) is 7.55. The molecule has 2 rings (SSSR count). The summed E-state index contributed by atoms with van der Waals surface area (Å²) in [6.45, 7) is 2.02. The number of amides is 3. The molecule has 0 aliphatic heterocycles. The van der Waals surface area contributed by atoms with Gasteiger partial charge in [-0.1, -0.05) is 19.1 Å². The van der Waals surface area contributed by atoms with Gasteiger partial charge < -0.3 is 20.4 Å². The van der Waals surface area contributed by atoms with Gasteiger partial charge in [0.15, 0.2) is 5.76 Å². The fourth-order valence-electron chi connectivity index (χ4n) is 1.87. The summed E-state index contributed by atoms with van der Waals surface area (Å²) in [6.07, 6.45) is 1.78. The predicted octanol–water partition coefficient (Wildman–Crippen LogP) is 1.67. The molecule has 7 nitrogen and oxygen atoms in total. The van der Waals surface area contributed by atoms with E-state index in [0.29, 0.717) is 18.7 Å². The highest BCUT2D eigenvalue weighted by molar-refractivity contribution is 6.02. The van der Waals surface area contributed by atoms with Crippen molar-refractivity contribution in [1.82, 2.24) is 10.6 Å². The predicted molar refractivity (Wildman–Crippen MR) is 88.3 cm³/mol. The molecule has 0 fully saturated rings. The summed E-state index contributed by atoms with van der Waals surface area (Å²) in [7, 11) is 0. The SMILES string of the molecule is CCC(=O)NCC(=O)NCc1ccc(NC(=O)c2ccco2)cc1. The van der Waals surface area contributed by atoms with Crippen LogP contribution in [-0.2, 0) is 16.1 Å². The Hall–Kier alpha value is -3.09. The zero-order chi connectivity index (χ0) is 17.4. The number of furan rings is 1. The quantitative estimate of drug-likeness (QED) is 0.719. The van der Waals surface area contributed by atoms with Gasteiger partial charge in [0.25, 0.3) is 5.91 Å². The number of rotatable bonds is 7. The lowest BCUT2D eigenvalue weighted by atomic mass is 10.2. The molecule has 0 aliphatic rings. The number of nitrogens with one attached hydrogen (secondary N) is 3. The average molecular weight is 329 g/mol. The molecule has 1 aromatic heterocycles. The fraction of sp³-hybridized carbons (Fsp3) is 0.235. The Morgan fingerprint density at radius 3 is 2.38 bits per heavy atom. The van der Waals surface area contributed by atoms with Crippen molar-refractivity contribution in [3.63, 3.8) is 0 Å². The number of hydrogen-bond donors (Lipinski definition) is 3. The van der Waals surface area contributed by atoms with E-state index >= 15 is 0 Å². The van der Waals surface area contributed by atoms with Crippen LogP contribution < -0.4 is 16.0 Å². The Balaban J connectivity index is 1.78. The second-order valence-corrected chi connectivity index (χ2v) is 5.04. The number of carbonyl (C=O) groups excluding carboxylic acids is 3. The third-order valence-corrected chi connectivity index (χ3v) is 3.21. The van der Waals surface area contributed by atoms with Crippen LogP contribution in [0.1, 0.15) is 29.5 Å². The van der Waals surface area contributed by atoms with Gasteiger partial charge in [-0.3, -0.25) is 14.4 Å². The molecule has 126 valence electrons. The van der Waals surface area contributed by atoms with Gasteiger partial charge in [0, 0.05) is 18.7 Å². The third-order valence-electron chi connectivity index (χ3n) is 3.21. The first-order valence-electron chi connectivity index (χ1n) is 7.55. The summed E-state index contributed by atoms with van der Waals surface area (Å²) in [5, 5.41) is 7.92. The van der Waals surface area contributed by atoms with Crippen LogP contribution in [0.5, 0.6) is 0 Å². The number of carbonyl (C=O) groups is 3. The Kier molecular flexibility index (Phi) is 6.13. The van der Waals surface area contributed by atoms with E-state index in [9.17, 15) is 14.4 Å². The van der Waals surface area contributed by atoms with Gasteiger partial charge >= 0.3 is 0 Å². The van der Waals surface area contributed by atoms with E-state index in [2.05, 4.69) is 16.0 Å². The molecule has 1 aromatic carbocycles. The summed E-state index contributed by atoms with van der Waals surface area (Å²) in [4.78, 5) is 34.5. The molecular formula is C17H19N3O4. The first kappa shape index (κ1) is 17.3. The largest absolute Gasteiger partial charge is 0.459 e. The lowest BCUT2D eigenvalue weighted by Crippen LogP contribution is -2.36. The first-order chi connectivity index (χ1) is 11.6. The van der Waals surface area contributed by atoms with Crippen molar-refractivity contribution in [3.8, 4) is 0 Å². The smallest absolute Gasteiger partial charge is 0.291 e.